The first kappa shape index (κ1) is 17.9. The van der Waals surface area contributed by atoms with Crippen LogP contribution in [0.4, 0.5) is 10.1 Å². The van der Waals surface area contributed by atoms with E-state index in [0.717, 1.165) is 0 Å². The average Bonchev–Trinajstić information content (AvgIpc) is 2.62. The second-order valence-corrected chi connectivity index (χ2v) is 8.50. The van der Waals surface area contributed by atoms with E-state index in [1.54, 1.807) is 0 Å². The predicted molar refractivity (Wildman–Crippen MR) is 97.9 cm³/mol. The molecule has 0 aliphatic carbocycles. The van der Waals surface area contributed by atoms with Gasteiger partial charge in [-0.15, -0.1) is 0 Å². The Labute approximate surface area is 148 Å². The molecule has 134 valence electrons. The Bertz CT molecular complexity index is 827. The molecule has 2 aromatic rings. The van der Waals surface area contributed by atoms with Crippen LogP contribution < -0.4 is 4.90 Å². The van der Waals surface area contributed by atoms with Gasteiger partial charge in [0.15, 0.2) is 0 Å². The number of hydrogen-bond acceptors (Lipinski definition) is 3. The highest BCUT2D eigenvalue weighted by molar-refractivity contribution is 7.89. The number of rotatable bonds is 4. The molecule has 0 aromatic heterocycles. The topological polar surface area (TPSA) is 40.6 Å². The second-order valence-electron chi connectivity index (χ2n) is 6.56. The molecule has 0 saturated carbocycles. The summed E-state index contributed by atoms with van der Waals surface area (Å²) >= 11 is 0. The molecule has 2 aromatic carbocycles. The molecule has 1 heterocycles. The van der Waals surface area contributed by atoms with Crippen LogP contribution in [-0.2, 0) is 10.0 Å². The number of anilines is 1. The van der Waals surface area contributed by atoms with Crippen molar-refractivity contribution in [2.24, 2.45) is 0 Å². The lowest BCUT2D eigenvalue weighted by Gasteiger charge is -2.36. The molecule has 1 saturated heterocycles. The van der Waals surface area contributed by atoms with E-state index < -0.39 is 15.8 Å². The fraction of sp³-hybridized carbons (Fsp3) is 0.368. The molecular formula is C19H23FN2O2S. The zero-order valence-corrected chi connectivity index (χ0v) is 15.3. The van der Waals surface area contributed by atoms with Crippen molar-refractivity contribution in [1.82, 2.24) is 4.31 Å². The molecule has 0 amide bonds. The fourth-order valence-electron chi connectivity index (χ4n) is 3.19. The van der Waals surface area contributed by atoms with Gasteiger partial charge in [-0.25, -0.2) is 12.8 Å². The van der Waals surface area contributed by atoms with Crippen molar-refractivity contribution in [1.29, 1.82) is 0 Å². The quantitative estimate of drug-likeness (QED) is 0.836. The van der Waals surface area contributed by atoms with Gasteiger partial charge in [0.25, 0.3) is 0 Å². The molecule has 0 N–H and O–H groups in total. The first-order valence-corrected chi connectivity index (χ1v) is 9.93. The van der Waals surface area contributed by atoms with Gasteiger partial charge < -0.3 is 4.90 Å². The van der Waals surface area contributed by atoms with Gasteiger partial charge in [-0.3, -0.25) is 0 Å². The lowest BCUT2D eigenvalue weighted by atomic mass is 10.00. The highest BCUT2D eigenvalue weighted by atomic mass is 32.2. The summed E-state index contributed by atoms with van der Waals surface area (Å²) in [6, 6.07) is 13.3. The molecule has 25 heavy (non-hydrogen) atoms. The van der Waals surface area contributed by atoms with Crippen molar-refractivity contribution < 1.29 is 12.8 Å². The van der Waals surface area contributed by atoms with Crippen LogP contribution in [0.1, 0.15) is 25.3 Å². The third-order valence-corrected chi connectivity index (χ3v) is 6.50. The van der Waals surface area contributed by atoms with Crippen LogP contribution in [0, 0.1) is 5.82 Å². The highest BCUT2D eigenvalue weighted by Crippen LogP contribution is 2.29. The molecule has 3 rings (SSSR count). The standard InChI is InChI=1S/C19H23FN2O2S/c1-15(2)18-5-3-4-6-19(18)21-11-13-22(14-12-21)25(23,24)17-9-7-16(20)8-10-17/h3-10,15H,11-14H2,1-2H3. The number of sulfonamides is 1. The van der Waals surface area contributed by atoms with Crippen LogP contribution >= 0.6 is 0 Å². The summed E-state index contributed by atoms with van der Waals surface area (Å²) in [5.74, 6) is -0.0220. The van der Waals surface area contributed by atoms with E-state index in [1.165, 1.54) is 39.8 Å². The molecule has 1 fully saturated rings. The Morgan fingerprint density at radius 1 is 0.920 bits per heavy atom. The van der Waals surface area contributed by atoms with Crippen LogP contribution in [0.5, 0.6) is 0 Å². The SMILES string of the molecule is CC(C)c1ccccc1N1CCN(S(=O)(=O)c2ccc(F)cc2)CC1. The van der Waals surface area contributed by atoms with Gasteiger partial charge in [-0.2, -0.15) is 4.31 Å². The first-order chi connectivity index (χ1) is 11.9. The van der Waals surface area contributed by atoms with Crippen molar-refractivity contribution >= 4 is 15.7 Å². The largest absolute Gasteiger partial charge is 0.369 e. The Kier molecular flexibility index (Phi) is 5.11. The van der Waals surface area contributed by atoms with Crippen molar-refractivity contribution in [2.75, 3.05) is 31.1 Å². The number of hydrogen-bond donors (Lipinski definition) is 0. The summed E-state index contributed by atoms with van der Waals surface area (Å²) < 4.78 is 39.9. The van der Waals surface area contributed by atoms with E-state index in [2.05, 4.69) is 30.9 Å². The van der Waals surface area contributed by atoms with E-state index >= 15 is 0 Å². The maximum atomic E-state index is 13.0. The Morgan fingerprint density at radius 2 is 1.52 bits per heavy atom. The fourth-order valence-corrected chi connectivity index (χ4v) is 4.61. The van der Waals surface area contributed by atoms with E-state index in [1.807, 2.05) is 12.1 Å². The molecule has 1 aliphatic heterocycles. The van der Waals surface area contributed by atoms with Crippen LogP contribution in [0.2, 0.25) is 0 Å². The van der Waals surface area contributed by atoms with Gasteiger partial charge in [0.05, 0.1) is 4.90 Å². The summed E-state index contributed by atoms with van der Waals surface area (Å²) in [5, 5.41) is 0. The van der Waals surface area contributed by atoms with Gasteiger partial charge in [-0.05, 0) is 41.8 Å². The monoisotopic (exact) mass is 362 g/mol. The first-order valence-electron chi connectivity index (χ1n) is 8.49. The molecule has 0 radical (unpaired) electrons. The minimum absolute atomic E-state index is 0.143. The number of benzene rings is 2. The van der Waals surface area contributed by atoms with Gasteiger partial charge in [0.1, 0.15) is 5.82 Å². The third kappa shape index (κ3) is 3.70. The highest BCUT2D eigenvalue weighted by Gasteiger charge is 2.29. The molecule has 0 spiro atoms. The van der Waals surface area contributed by atoms with E-state index in [9.17, 15) is 12.8 Å². The summed E-state index contributed by atoms with van der Waals surface area (Å²) in [6.45, 7) is 6.45. The van der Waals surface area contributed by atoms with Crippen molar-refractivity contribution in [2.45, 2.75) is 24.7 Å². The molecule has 6 heteroatoms. The van der Waals surface area contributed by atoms with E-state index in [-0.39, 0.29) is 4.90 Å². The summed E-state index contributed by atoms with van der Waals surface area (Å²) in [4.78, 5) is 2.39. The molecule has 0 atom stereocenters. The molecule has 0 bridgehead atoms. The van der Waals surface area contributed by atoms with Gasteiger partial charge in [-0.1, -0.05) is 32.0 Å². The summed E-state index contributed by atoms with van der Waals surface area (Å²) in [6.07, 6.45) is 0. The normalized spacial score (nSPS) is 16.4. The maximum Gasteiger partial charge on any atom is 0.243 e. The predicted octanol–water partition coefficient (Wildman–Crippen LogP) is 3.46. The Balaban J connectivity index is 1.75. The van der Waals surface area contributed by atoms with E-state index in [4.69, 9.17) is 0 Å². The number of halogens is 1. The smallest absolute Gasteiger partial charge is 0.243 e. The van der Waals surface area contributed by atoms with Gasteiger partial charge >= 0.3 is 0 Å². The van der Waals surface area contributed by atoms with Gasteiger partial charge in [0.2, 0.25) is 10.0 Å². The number of nitrogens with zero attached hydrogens (tertiary/aromatic N) is 2. The molecule has 0 unspecified atom stereocenters. The minimum atomic E-state index is -3.57. The summed E-state index contributed by atoms with van der Waals surface area (Å²) in [7, 11) is -3.57. The molecule has 1 aliphatic rings. The molecular weight excluding hydrogens is 339 g/mol. The zero-order valence-electron chi connectivity index (χ0n) is 14.5. The number of para-hydroxylation sites is 1. The van der Waals surface area contributed by atoms with Crippen molar-refractivity contribution in [3.8, 4) is 0 Å². The number of piperazine rings is 1. The van der Waals surface area contributed by atoms with Crippen LogP contribution in [0.3, 0.4) is 0 Å². The Hall–Kier alpha value is -1.92. The zero-order chi connectivity index (χ0) is 18.0. The lowest BCUT2D eigenvalue weighted by molar-refractivity contribution is 0.384. The summed E-state index contributed by atoms with van der Waals surface area (Å²) in [5.41, 5.74) is 2.45. The van der Waals surface area contributed by atoms with Crippen LogP contribution in [0.15, 0.2) is 53.4 Å². The molecule has 4 nitrogen and oxygen atoms in total. The lowest BCUT2D eigenvalue weighted by Crippen LogP contribution is -2.48. The van der Waals surface area contributed by atoms with Crippen LogP contribution in [0.25, 0.3) is 0 Å². The maximum absolute atomic E-state index is 13.0. The van der Waals surface area contributed by atoms with Crippen molar-refractivity contribution in [3.63, 3.8) is 0 Å². The van der Waals surface area contributed by atoms with Gasteiger partial charge in [0, 0.05) is 31.9 Å². The van der Waals surface area contributed by atoms with Crippen molar-refractivity contribution in [3.05, 3.63) is 59.9 Å². The average molecular weight is 362 g/mol. The van der Waals surface area contributed by atoms with Crippen LogP contribution in [-0.4, -0.2) is 38.9 Å². The minimum Gasteiger partial charge on any atom is -0.369 e. The third-order valence-electron chi connectivity index (χ3n) is 4.59. The Morgan fingerprint density at radius 3 is 2.12 bits per heavy atom. The van der Waals surface area contributed by atoms with E-state index in [0.29, 0.717) is 32.1 Å². The second kappa shape index (κ2) is 7.14.